The van der Waals surface area contributed by atoms with Crippen molar-refractivity contribution in [3.8, 4) is 0 Å². The Morgan fingerprint density at radius 2 is 0.646 bits per heavy atom. The quantitative estimate of drug-likeness (QED) is 0.0270. The lowest BCUT2D eigenvalue weighted by atomic mass is 9.88. The summed E-state index contributed by atoms with van der Waals surface area (Å²) in [5.74, 6) is -3.58. The van der Waals surface area contributed by atoms with Crippen molar-refractivity contribution in [3.05, 3.63) is 0 Å². The SMILES string of the molecule is CCC(C)(COCCC(O)(C(F)(F)F)C(F)(F)F)C(=O)O.CCC(C)(COCCC(O)(C(F)(F)F)C(F)(F)F)C(=O)OC(C)CC(O)(C(F)(F)F)C(F)(F)F.CCC(C)(COCCC(O)(C(F)(F)F)C(F)(F)F)C(=O)OCCO. The van der Waals surface area contributed by atoms with Crippen LogP contribution in [0.2, 0.25) is 0 Å². The predicted molar refractivity (Wildman–Crippen MR) is 216 cm³/mol. The van der Waals surface area contributed by atoms with Gasteiger partial charge in [0.1, 0.15) is 12.7 Å². The van der Waals surface area contributed by atoms with Gasteiger partial charge in [0, 0.05) is 25.7 Å². The third kappa shape index (κ3) is 21.3. The number of carboxylic acid groups (broad SMARTS) is 1. The second-order valence-electron chi connectivity index (χ2n) is 18.2. The fourth-order valence-corrected chi connectivity index (χ4v) is 5.30. The molecule has 0 bridgehead atoms. The van der Waals surface area contributed by atoms with E-state index in [0.717, 1.165) is 6.92 Å². The molecule has 14 nitrogen and oxygen atoms in total. The van der Waals surface area contributed by atoms with Crippen LogP contribution in [-0.2, 0) is 38.1 Å². The molecule has 79 heavy (non-hydrogen) atoms. The first-order chi connectivity index (χ1) is 34.7. The van der Waals surface area contributed by atoms with E-state index in [1.807, 2.05) is 0 Å². The van der Waals surface area contributed by atoms with Gasteiger partial charge in [-0.15, -0.1) is 0 Å². The number of halogens is 24. The molecule has 0 radical (unpaired) electrons. The van der Waals surface area contributed by atoms with Crippen LogP contribution >= 0.6 is 0 Å². The van der Waals surface area contributed by atoms with Gasteiger partial charge in [-0.1, -0.05) is 20.8 Å². The summed E-state index contributed by atoms with van der Waals surface area (Å²) in [7, 11) is 0. The molecule has 0 aliphatic heterocycles. The van der Waals surface area contributed by atoms with Gasteiger partial charge in [0.05, 0.1) is 62.5 Å². The molecule has 0 aromatic carbocycles. The fraction of sp³-hybridized carbons (Fsp3) is 0.927. The van der Waals surface area contributed by atoms with Crippen LogP contribution in [0.5, 0.6) is 0 Å². The highest BCUT2D eigenvalue weighted by Gasteiger charge is 2.73. The molecule has 0 aliphatic carbocycles. The Balaban J connectivity index is -0.00000114. The number of alkyl halides is 24. The minimum atomic E-state index is -6.18. The van der Waals surface area contributed by atoms with Gasteiger partial charge < -0.3 is 54.3 Å². The first kappa shape index (κ1) is 79.6. The number of hydrogen-bond donors (Lipinski definition) is 6. The van der Waals surface area contributed by atoms with Crippen LogP contribution in [0.3, 0.4) is 0 Å². The number of carbonyl (C=O) groups is 3. The first-order valence-corrected chi connectivity index (χ1v) is 22.1. The van der Waals surface area contributed by atoms with Gasteiger partial charge in [0.2, 0.25) is 0 Å². The normalized spacial score (nSPS) is 16.7. The summed E-state index contributed by atoms with van der Waals surface area (Å²) >= 11 is 0. The molecule has 38 heteroatoms. The van der Waals surface area contributed by atoms with Crippen LogP contribution in [0, 0.1) is 16.2 Å². The van der Waals surface area contributed by atoms with Crippen molar-refractivity contribution >= 4 is 17.9 Å². The summed E-state index contributed by atoms with van der Waals surface area (Å²) in [6.07, 6.45) is -58.2. The molecule has 474 valence electrons. The van der Waals surface area contributed by atoms with E-state index >= 15 is 0 Å². The van der Waals surface area contributed by atoms with E-state index in [-0.39, 0.29) is 25.9 Å². The molecule has 0 heterocycles. The van der Waals surface area contributed by atoms with Crippen molar-refractivity contribution in [2.75, 3.05) is 52.9 Å². The molecule has 4 unspecified atom stereocenters. The van der Waals surface area contributed by atoms with Crippen LogP contribution in [-0.4, -0.2) is 179 Å². The van der Waals surface area contributed by atoms with E-state index in [1.54, 1.807) is 6.92 Å². The molecular weight excluding hydrogens is 1170 g/mol. The van der Waals surface area contributed by atoms with Crippen LogP contribution in [0.4, 0.5) is 105 Å². The molecule has 0 rings (SSSR count). The Bertz CT molecular complexity index is 1810. The lowest BCUT2D eigenvalue weighted by Crippen LogP contribution is -2.58. The Morgan fingerprint density at radius 3 is 0.861 bits per heavy atom. The lowest BCUT2D eigenvalue weighted by Gasteiger charge is -2.35. The second kappa shape index (κ2) is 28.6. The van der Waals surface area contributed by atoms with E-state index in [0.29, 0.717) is 6.92 Å². The summed E-state index contributed by atoms with van der Waals surface area (Å²) in [6, 6.07) is 0. The molecule has 0 saturated heterocycles. The third-order valence-electron chi connectivity index (χ3n) is 11.9. The summed E-state index contributed by atoms with van der Waals surface area (Å²) < 4.78 is 324. The number of aliphatic carboxylic acids is 1. The number of ether oxygens (including phenoxy) is 5. The smallest absolute Gasteiger partial charge is 0.426 e. The molecule has 4 atom stereocenters. The number of aliphatic hydroxyl groups excluding tert-OH is 1. The van der Waals surface area contributed by atoms with Gasteiger partial charge in [0.15, 0.2) is 0 Å². The number of carboxylic acids is 1. The molecule has 0 aromatic heterocycles. The fourth-order valence-electron chi connectivity index (χ4n) is 5.30. The van der Waals surface area contributed by atoms with Gasteiger partial charge >= 0.3 is 67.3 Å². The second-order valence-corrected chi connectivity index (χ2v) is 18.2. The van der Waals surface area contributed by atoms with E-state index in [9.17, 15) is 120 Å². The maximum Gasteiger partial charge on any atom is 0.426 e. The zero-order chi connectivity index (χ0) is 64.0. The van der Waals surface area contributed by atoms with Crippen LogP contribution in [0.1, 0.15) is 93.4 Å². The number of carbonyl (C=O) groups excluding carboxylic acids is 2. The topological polar surface area (TPSA) is 219 Å². The van der Waals surface area contributed by atoms with E-state index in [4.69, 9.17) is 35.4 Å². The molecule has 0 amide bonds. The molecular formula is C41H58F24O14. The number of rotatable bonds is 26. The summed E-state index contributed by atoms with van der Waals surface area (Å²) in [5, 5.41) is 53.3. The Hall–Kier alpha value is -3.59. The van der Waals surface area contributed by atoms with Crippen molar-refractivity contribution < 1.29 is 174 Å². The van der Waals surface area contributed by atoms with Gasteiger partial charge in [-0.25, -0.2) is 0 Å². The molecule has 0 spiro atoms. The molecule has 6 N–H and O–H groups in total. The summed E-state index contributed by atoms with van der Waals surface area (Å²) in [6.45, 7) is 2.16. The third-order valence-corrected chi connectivity index (χ3v) is 11.9. The van der Waals surface area contributed by atoms with E-state index < -0.39 is 184 Å². The highest BCUT2D eigenvalue weighted by Crippen LogP contribution is 2.49. The minimum Gasteiger partial charge on any atom is -0.481 e. The molecule has 0 aliphatic rings. The van der Waals surface area contributed by atoms with Crippen molar-refractivity contribution in [2.24, 2.45) is 16.2 Å². The zero-order valence-corrected chi connectivity index (χ0v) is 42.2. The maximum atomic E-state index is 12.8. The predicted octanol–water partition coefficient (Wildman–Crippen LogP) is 9.79. The van der Waals surface area contributed by atoms with Crippen molar-refractivity contribution in [1.29, 1.82) is 0 Å². The van der Waals surface area contributed by atoms with E-state index in [2.05, 4.69) is 18.9 Å². The Labute approximate surface area is 432 Å². The molecule has 0 fully saturated rings. The van der Waals surface area contributed by atoms with Crippen molar-refractivity contribution in [3.63, 3.8) is 0 Å². The molecule has 0 saturated carbocycles. The average molecular weight is 1230 g/mol. The highest BCUT2D eigenvalue weighted by atomic mass is 19.4. The number of esters is 2. The van der Waals surface area contributed by atoms with E-state index in [1.165, 1.54) is 27.7 Å². The molecule has 0 aromatic rings. The number of hydrogen-bond acceptors (Lipinski definition) is 13. The monoisotopic (exact) mass is 1230 g/mol. The van der Waals surface area contributed by atoms with Gasteiger partial charge in [-0.3, -0.25) is 14.4 Å². The van der Waals surface area contributed by atoms with Crippen LogP contribution in [0.25, 0.3) is 0 Å². The summed E-state index contributed by atoms with van der Waals surface area (Å²) in [4.78, 5) is 34.9. The van der Waals surface area contributed by atoms with Gasteiger partial charge in [-0.2, -0.15) is 105 Å². The number of aliphatic hydroxyl groups is 5. The van der Waals surface area contributed by atoms with Crippen LogP contribution < -0.4 is 0 Å². The maximum absolute atomic E-state index is 12.8. The summed E-state index contributed by atoms with van der Waals surface area (Å²) in [5.41, 5.74) is -24.8. The average Bonchev–Trinajstić information content (AvgIpc) is 3.26. The van der Waals surface area contributed by atoms with Crippen molar-refractivity contribution in [2.45, 2.75) is 171 Å². The largest absolute Gasteiger partial charge is 0.481 e. The highest BCUT2D eigenvalue weighted by molar-refractivity contribution is 5.77. The lowest BCUT2D eigenvalue weighted by molar-refractivity contribution is -0.373. The minimum absolute atomic E-state index is 0.0745. The van der Waals surface area contributed by atoms with Crippen LogP contribution in [0.15, 0.2) is 0 Å². The van der Waals surface area contributed by atoms with Crippen molar-refractivity contribution in [1.82, 2.24) is 0 Å². The zero-order valence-electron chi connectivity index (χ0n) is 42.2. The first-order valence-electron chi connectivity index (χ1n) is 22.1. The van der Waals surface area contributed by atoms with Gasteiger partial charge in [-0.05, 0) is 47.0 Å². The standard InChI is InChI=1S/C17H22F12O5.C13H20F6O5.C11H16F6O4/c1-4-11(3,8-33-6-5-12(31,14(18,19)20)15(21,22)23)10(30)34-9(2)7-13(32,16(24,25)26)17(27,28)29;1-3-10(2,9(21)24-7-5-20)8-23-6-4-11(22,12(14,15)16)13(17,18)19;1-3-8(2,7(18)19)6-21-5-4-9(20,10(12,13)14)11(15,16)17/h9,31-32H,4-8H2,1-3H3;20,22H,3-8H2,1-2H3;20H,3-6H2,1-2H3,(H,18,19). The Kier molecular flexibility index (Phi) is 28.8. The van der Waals surface area contributed by atoms with Gasteiger partial charge in [0.25, 0.3) is 22.4 Å². The Morgan fingerprint density at radius 1 is 0.405 bits per heavy atom.